The zero-order valence-electron chi connectivity index (χ0n) is 22.3. The Morgan fingerprint density at radius 1 is 1.03 bits per heavy atom. The number of allylic oxidation sites excluding steroid dienone is 4. The van der Waals surface area contributed by atoms with Crippen molar-refractivity contribution in [3.63, 3.8) is 0 Å². The van der Waals surface area contributed by atoms with Crippen LogP contribution in [0.4, 0.5) is 0 Å². The fraction of sp³-hybridized carbons (Fsp3) is 0.441. The molecule has 37 heavy (non-hydrogen) atoms. The summed E-state index contributed by atoms with van der Waals surface area (Å²) in [6.07, 6.45) is 12.9. The molecule has 2 aromatic rings. The van der Waals surface area contributed by atoms with Crippen LogP contribution in [0.5, 0.6) is 11.5 Å². The predicted octanol–water partition coefficient (Wildman–Crippen LogP) is 7.69. The molecule has 2 saturated carbocycles. The summed E-state index contributed by atoms with van der Waals surface area (Å²) in [6, 6.07) is 16.7. The van der Waals surface area contributed by atoms with Crippen LogP contribution in [0.25, 0.3) is 0 Å². The van der Waals surface area contributed by atoms with E-state index in [1.807, 2.05) is 18.2 Å². The highest BCUT2D eigenvalue weighted by Crippen LogP contribution is 2.63. The third-order valence-corrected chi connectivity index (χ3v) is 9.19. The van der Waals surface area contributed by atoms with Crippen molar-refractivity contribution in [1.82, 2.24) is 0 Å². The molecule has 5 unspecified atom stereocenters. The molecular weight excluding hydrogens is 456 g/mol. The summed E-state index contributed by atoms with van der Waals surface area (Å²) in [7, 11) is 0. The summed E-state index contributed by atoms with van der Waals surface area (Å²) in [5, 5.41) is 11.0. The first kappa shape index (κ1) is 25.6. The zero-order chi connectivity index (χ0) is 26.2. The lowest BCUT2D eigenvalue weighted by molar-refractivity contribution is -0.114. The van der Waals surface area contributed by atoms with Crippen LogP contribution in [-0.2, 0) is 4.79 Å². The van der Waals surface area contributed by atoms with E-state index in [1.165, 1.54) is 22.3 Å². The maximum absolute atomic E-state index is 12.2. The summed E-state index contributed by atoms with van der Waals surface area (Å²) in [4.78, 5) is 12.2. The van der Waals surface area contributed by atoms with Gasteiger partial charge in [-0.1, -0.05) is 36.8 Å². The van der Waals surface area contributed by atoms with Gasteiger partial charge in [0.2, 0.25) is 0 Å². The first-order chi connectivity index (χ1) is 17.8. The zero-order valence-corrected chi connectivity index (χ0v) is 22.3. The molecule has 1 N–H and O–H groups in total. The van der Waals surface area contributed by atoms with E-state index in [1.54, 1.807) is 12.5 Å². The van der Waals surface area contributed by atoms with Crippen molar-refractivity contribution in [2.45, 2.75) is 77.7 Å². The lowest BCUT2D eigenvalue weighted by Gasteiger charge is -2.52. The number of aliphatic hydroxyl groups is 1. The van der Waals surface area contributed by atoms with Gasteiger partial charge in [0, 0.05) is 12.3 Å². The molecule has 5 atom stereocenters. The highest BCUT2D eigenvalue weighted by molar-refractivity contribution is 5.93. The Balaban J connectivity index is 0.000000892. The van der Waals surface area contributed by atoms with Gasteiger partial charge >= 0.3 is 0 Å². The van der Waals surface area contributed by atoms with E-state index in [0.29, 0.717) is 24.2 Å². The first-order valence-electron chi connectivity index (χ1n) is 13.7. The highest BCUT2D eigenvalue weighted by atomic mass is 16.5. The summed E-state index contributed by atoms with van der Waals surface area (Å²) >= 11 is 0. The number of benzene rings is 2. The molecular formula is C34H38O3. The predicted molar refractivity (Wildman–Crippen MR) is 148 cm³/mol. The number of ether oxygens (including phenoxy) is 1. The second-order valence-corrected chi connectivity index (χ2v) is 11.5. The van der Waals surface area contributed by atoms with Crippen molar-refractivity contribution >= 4 is 5.78 Å². The van der Waals surface area contributed by atoms with Gasteiger partial charge in [-0.05, 0) is 122 Å². The number of aryl methyl sites for hydroxylation is 1. The van der Waals surface area contributed by atoms with E-state index in [0.717, 1.165) is 50.0 Å². The minimum Gasteiger partial charge on any atom is -0.457 e. The Bertz CT molecular complexity index is 1270. The number of terminal acetylenes is 1. The summed E-state index contributed by atoms with van der Waals surface area (Å²) in [5.41, 5.74) is 6.77. The van der Waals surface area contributed by atoms with Gasteiger partial charge in [-0.15, -0.1) is 12.3 Å². The van der Waals surface area contributed by atoms with Gasteiger partial charge in [-0.2, -0.15) is 0 Å². The first-order valence-corrected chi connectivity index (χ1v) is 13.7. The van der Waals surface area contributed by atoms with Gasteiger partial charge in [0.15, 0.2) is 5.78 Å². The van der Waals surface area contributed by atoms with E-state index in [9.17, 15) is 9.90 Å². The third-order valence-electron chi connectivity index (χ3n) is 9.19. The Labute approximate surface area is 221 Å². The largest absolute Gasteiger partial charge is 0.457 e. The standard InChI is InChI=1S/C31H34O3.C3H4/c1-19-4-3-5-24(16-19)34-23-10-6-20(7-11-23)27-18-31(2)28(14-15-29(31)33)26-12-8-21-17-22(32)9-13-25(21)30(26)27;1-3-2/h3-7,10-11,16-17,26-29,33H,8-9,12-15,18H2,1-2H3;1H,2H3. The Kier molecular flexibility index (Phi) is 7.15. The quantitative estimate of drug-likeness (QED) is 0.445. The molecule has 0 saturated heterocycles. The van der Waals surface area contributed by atoms with Gasteiger partial charge in [0.05, 0.1) is 6.10 Å². The van der Waals surface area contributed by atoms with Crippen LogP contribution in [0.3, 0.4) is 0 Å². The average molecular weight is 495 g/mol. The van der Waals surface area contributed by atoms with Gasteiger partial charge in [-0.25, -0.2) is 0 Å². The number of carbonyl (C=O) groups is 1. The molecule has 0 bridgehead atoms. The molecule has 2 aromatic carbocycles. The topological polar surface area (TPSA) is 46.5 Å². The van der Waals surface area contributed by atoms with Crippen LogP contribution in [0.15, 0.2) is 71.3 Å². The van der Waals surface area contributed by atoms with Gasteiger partial charge in [0.1, 0.15) is 11.5 Å². The molecule has 192 valence electrons. The van der Waals surface area contributed by atoms with Crippen molar-refractivity contribution in [1.29, 1.82) is 0 Å². The van der Waals surface area contributed by atoms with E-state index >= 15 is 0 Å². The number of carbonyl (C=O) groups excluding carboxylic acids is 1. The summed E-state index contributed by atoms with van der Waals surface area (Å²) in [6.45, 7) is 6.05. The van der Waals surface area contributed by atoms with Crippen LogP contribution in [0, 0.1) is 36.5 Å². The number of fused-ring (bicyclic) bond motifs is 4. The SMILES string of the molecule is C#CC.Cc1cccc(Oc2ccc(C3CC4(C)C(O)CCC4C4CCC5=CC(=O)CCC5=C34)cc2)c1. The Morgan fingerprint density at radius 2 is 1.78 bits per heavy atom. The average Bonchev–Trinajstić information content (AvgIpc) is 3.18. The van der Waals surface area contributed by atoms with Gasteiger partial charge < -0.3 is 9.84 Å². The molecule has 0 aromatic heterocycles. The van der Waals surface area contributed by atoms with Crippen molar-refractivity contribution in [3.8, 4) is 23.8 Å². The molecule has 6 rings (SSSR count). The molecule has 0 radical (unpaired) electrons. The van der Waals surface area contributed by atoms with E-state index in [-0.39, 0.29) is 17.3 Å². The Morgan fingerprint density at radius 3 is 2.51 bits per heavy atom. The van der Waals surface area contributed by atoms with Crippen molar-refractivity contribution in [3.05, 3.63) is 82.5 Å². The van der Waals surface area contributed by atoms with Gasteiger partial charge in [-0.3, -0.25) is 4.79 Å². The normalized spacial score (nSPS) is 30.1. The third kappa shape index (κ3) is 4.80. The lowest BCUT2D eigenvalue weighted by Crippen LogP contribution is -2.45. The lowest BCUT2D eigenvalue weighted by atomic mass is 9.53. The summed E-state index contributed by atoms with van der Waals surface area (Å²) < 4.78 is 6.11. The monoisotopic (exact) mass is 494 g/mol. The van der Waals surface area contributed by atoms with Crippen LogP contribution < -0.4 is 4.74 Å². The van der Waals surface area contributed by atoms with Crippen LogP contribution in [0.1, 0.15) is 75.8 Å². The molecule has 0 amide bonds. The fourth-order valence-corrected chi connectivity index (χ4v) is 7.51. The number of hydrogen-bond acceptors (Lipinski definition) is 3. The van der Waals surface area contributed by atoms with Crippen molar-refractivity contribution in [2.75, 3.05) is 0 Å². The molecule has 4 aliphatic rings. The molecule has 0 aliphatic heterocycles. The molecule has 3 nitrogen and oxygen atoms in total. The number of aliphatic hydroxyl groups excluding tert-OH is 1. The number of hydrogen-bond donors (Lipinski definition) is 1. The fourth-order valence-electron chi connectivity index (χ4n) is 7.51. The van der Waals surface area contributed by atoms with E-state index in [4.69, 9.17) is 4.74 Å². The minimum absolute atomic E-state index is 0.0398. The van der Waals surface area contributed by atoms with E-state index in [2.05, 4.69) is 62.6 Å². The van der Waals surface area contributed by atoms with Gasteiger partial charge in [0.25, 0.3) is 0 Å². The molecule has 3 heteroatoms. The second-order valence-electron chi connectivity index (χ2n) is 11.5. The van der Waals surface area contributed by atoms with Crippen LogP contribution in [-0.4, -0.2) is 17.0 Å². The maximum atomic E-state index is 12.2. The second kappa shape index (κ2) is 10.3. The van der Waals surface area contributed by atoms with Crippen molar-refractivity contribution < 1.29 is 14.6 Å². The minimum atomic E-state index is -0.222. The van der Waals surface area contributed by atoms with Crippen LogP contribution >= 0.6 is 0 Å². The highest BCUT2D eigenvalue weighted by Gasteiger charge is 2.56. The maximum Gasteiger partial charge on any atom is 0.156 e. The smallest absolute Gasteiger partial charge is 0.156 e. The van der Waals surface area contributed by atoms with Crippen molar-refractivity contribution in [2.24, 2.45) is 17.3 Å². The van der Waals surface area contributed by atoms with E-state index < -0.39 is 0 Å². The number of rotatable bonds is 3. The molecule has 2 fully saturated rings. The summed E-state index contributed by atoms with van der Waals surface area (Å²) in [5.74, 6) is 5.59. The number of ketones is 1. The molecule has 0 heterocycles. The van der Waals surface area contributed by atoms with Crippen LogP contribution in [0.2, 0.25) is 0 Å². The molecule has 4 aliphatic carbocycles. The molecule has 0 spiro atoms. The Hall–Kier alpha value is -3.09.